The molecule has 36 heavy (non-hydrogen) atoms. The summed E-state index contributed by atoms with van der Waals surface area (Å²) < 4.78 is 10.1. The summed E-state index contributed by atoms with van der Waals surface area (Å²) in [6.45, 7) is 10.6. The number of carbonyl (C=O) groups is 4. The molecule has 1 rings (SSSR count). The van der Waals surface area contributed by atoms with Gasteiger partial charge in [0.05, 0.1) is 13.0 Å². The van der Waals surface area contributed by atoms with Crippen LogP contribution < -0.4 is 10.6 Å². The maximum Gasteiger partial charge on any atom is 0.408 e. The predicted molar refractivity (Wildman–Crippen MR) is 135 cm³/mol. The van der Waals surface area contributed by atoms with E-state index < -0.39 is 35.5 Å². The zero-order valence-corrected chi connectivity index (χ0v) is 22.3. The van der Waals surface area contributed by atoms with E-state index in [-0.39, 0.29) is 44.0 Å². The van der Waals surface area contributed by atoms with Crippen LogP contribution in [0.15, 0.2) is 18.2 Å². The van der Waals surface area contributed by atoms with Crippen molar-refractivity contribution in [1.29, 1.82) is 0 Å². The van der Waals surface area contributed by atoms with Crippen molar-refractivity contribution in [3.63, 3.8) is 0 Å². The molecule has 3 N–H and O–H groups in total. The first-order valence-electron chi connectivity index (χ1n) is 12.4. The topological polar surface area (TPSA) is 134 Å². The molecule has 0 saturated heterocycles. The molecular formula is C26H41N3O7. The molecule has 1 unspecified atom stereocenters. The minimum absolute atomic E-state index is 0.00783. The van der Waals surface area contributed by atoms with Crippen molar-refractivity contribution < 1.29 is 33.8 Å². The predicted octanol–water partition coefficient (Wildman–Crippen LogP) is 3.35. The quantitative estimate of drug-likeness (QED) is 0.275. The highest BCUT2D eigenvalue weighted by molar-refractivity contribution is 5.91. The Morgan fingerprint density at radius 1 is 1.08 bits per heavy atom. The van der Waals surface area contributed by atoms with Crippen molar-refractivity contribution in [2.75, 3.05) is 26.2 Å². The first-order chi connectivity index (χ1) is 16.9. The number of amides is 3. The van der Waals surface area contributed by atoms with Crippen LogP contribution in [-0.2, 0) is 23.9 Å². The molecule has 1 aromatic rings. The number of aromatic hydroxyl groups is 1. The molecule has 0 radical (unpaired) electrons. The molecule has 0 heterocycles. The molecule has 0 aliphatic carbocycles. The number of nitrogens with one attached hydrogen (secondary N) is 2. The van der Waals surface area contributed by atoms with E-state index in [1.165, 1.54) is 4.90 Å². The van der Waals surface area contributed by atoms with Gasteiger partial charge in [-0.15, -0.1) is 0 Å². The smallest absolute Gasteiger partial charge is 0.408 e. The average Bonchev–Trinajstić information content (AvgIpc) is 2.78. The van der Waals surface area contributed by atoms with Gasteiger partial charge in [-0.2, -0.15) is 0 Å². The fourth-order valence-electron chi connectivity index (χ4n) is 3.46. The number of rotatable bonds is 13. The van der Waals surface area contributed by atoms with Crippen LogP contribution in [0.2, 0.25) is 0 Å². The number of hydrogen-bond donors (Lipinski definition) is 3. The van der Waals surface area contributed by atoms with E-state index >= 15 is 0 Å². The number of para-hydroxylation sites is 1. The number of ether oxygens (including phenoxy) is 2. The summed E-state index contributed by atoms with van der Waals surface area (Å²) in [6.07, 6.45) is 1.55. The molecule has 202 valence electrons. The summed E-state index contributed by atoms with van der Waals surface area (Å²) in [7, 11) is 0. The van der Waals surface area contributed by atoms with Gasteiger partial charge in [-0.1, -0.05) is 38.0 Å². The Hall–Kier alpha value is -3.30. The Balaban J connectivity index is 3.23. The van der Waals surface area contributed by atoms with Crippen molar-refractivity contribution in [2.24, 2.45) is 0 Å². The highest BCUT2D eigenvalue weighted by Gasteiger charge is 2.33. The van der Waals surface area contributed by atoms with Gasteiger partial charge in [0, 0.05) is 18.7 Å². The van der Waals surface area contributed by atoms with E-state index in [0.29, 0.717) is 12.0 Å². The second-order valence-electron chi connectivity index (χ2n) is 9.41. The number of benzene rings is 1. The fraction of sp³-hybridized carbons (Fsp3) is 0.615. The van der Waals surface area contributed by atoms with Crippen LogP contribution in [0.5, 0.6) is 5.75 Å². The highest BCUT2D eigenvalue weighted by Crippen LogP contribution is 2.32. The van der Waals surface area contributed by atoms with Gasteiger partial charge in [-0.05, 0) is 46.6 Å². The lowest BCUT2D eigenvalue weighted by Gasteiger charge is -2.32. The van der Waals surface area contributed by atoms with Gasteiger partial charge in [0.15, 0.2) is 0 Å². The normalized spacial score (nSPS) is 11.8. The third-order valence-electron chi connectivity index (χ3n) is 5.16. The molecule has 10 nitrogen and oxygen atoms in total. The maximum absolute atomic E-state index is 13.4. The first kappa shape index (κ1) is 30.7. The van der Waals surface area contributed by atoms with Crippen molar-refractivity contribution in [3.05, 3.63) is 29.3 Å². The van der Waals surface area contributed by atoms with E-state index in [1.54, 1.807) is 52.8 Å². The molecular weight excluding hydrogens is 466 g/mol. The molecule has 0 bridgehead atoms. The number of phenols is 1. The Morgan fingerprint density at radius 2 is 1.78 bits per heavy atom. The number of nitrogens with zero attached hydrogens (tertiary/aromatic N) is 1. The molecule has 0 fully saturated rings. The molecule has 0 aromatic heterocycles. The zero-order chi connectivity index (χ0) is 27.3. The van der Waals surface area contributed by atoms with Crippen LogP contribution in [-0.4, -0.2) is 65.7 Å². The minimum atomic E-state index is -1.17. The lowest BCUT2D eigenvalue weighted by molar-refractivity contribution is -0.143. The van der Waals surface area contributed by atoms with Crippen molar-refractivity contribution in [2.45, 2.75) is 78.9 Å². The van der Waals surface area contributed by atoms with Crippen LogP contribution in [0.25, 0.3) is 0 Å². The molecule has 1 aromatic carbocycles. The van der Waals surface area contributed by atoms with Crippen molar-refractivity contribution in [1.82, 2.24) is 15.5 Å². The monoisotopic (exact) mass is 507 g/mol. The van der Waals surface area contributed by atoms with Gasteiger partial charge in [-0.3, -0.25) is 14.4 Å². The van der Waals surface area contributed by atoms with Crippen LogP contribution in [0.3, 0.4) is 0 Å². The number of esters is 1. The molecule has 0 spiro atoms. The Bertz CT molecular complexity index is 896. The Kier molecular flexibility index (Phi) is 12.8. The van der Waals surface area contributed by atoms with Crippen molar-refractivity contribution >= 4 is 23.9 Å². The van der Waals surface area contributed by atoms with Gasteiger partial charge in [0.1, 0.15) is 23.9 Å². The lowest BCUT2D eigenvalue weighted by Crippen LogP contribution is -2.48. The number of alkyl carbamates (subject to hydrolysis) is 1. The largest absolute Gasteiger partial charge is 0.507 e. The Morgan fingerprint density at radius 3 is 2.39 bits per heavy atom. The second kappa shape index (κ2) is 15.0. The van der Waals surface area contributed by atoms with Gasteiger partial charge < -0.3 is 30.1 Å². The highest BCUT2D eigenvalue weighted by atomic mass is 16.6. The summed E-state index contributed by atoms with van der Waals surface area (Å²) in [5.41, 5.74) is 0.0678. The van der Waals surface area contributed by atoms with E-state index in [1.807, 2.05) is 6.92 Å². The van der Waals surface area contributed by atoms with Gasteiger partial charge >= 0.3 is 12.1 Å². The number of aryl methyl sites for hydroxylation is 1. The third kappa shape index (κ3) is 10.5. The third-order valence-corrected chi connectivity index (χ3v) is 5.16. The van der Waals surface area contributed by atoms with E-state index in [4.69, 9.17) is 9.47 Å². The second-order valence-corrected chi connectivity index (χ2v) is 9.41. The molecule has 1 atom stereocenters. The molecule has 0 saturated carbocycles. The number of hydrogen-bond acceptors (Lipinski definition) is 7. The van der Waals surface area contributed by atoms with E-state index in [0.717, 1.165) is 12.8 Å². The van der Waals surface area contributed by atoms with Gasteiger partial charge in [0.25, 0.3) is 0 Å². The SMILES string of the molecule is CCCCCN(C(=O)CNC(=O)OC(C)(C)C)C(C(=O)NCCC(=O)OCC)c1cccc(C)c1O. The fourth-order valence-corrected chi connectivity index (χ4v) is 3.46. The number of phenolic OH excluding ortho intramolecular Hbond substituents is 1. The summed E-state index contributed by atoms with van der Waals surface area (Å²) in [4.78, 5) is 51.8. The number of carbonyl (C=O) groups excluding carboxylic acids is 4. The van der Waals surface area contributed by atoms with Crippen LogP contribution >= 0.6 is 0 Å². The van der Waals surface area contributed by atoms with Gasteiger partial charge in [-0.25, -0.2) is 4.79 Å². The van der Waals surface area contributed by atoms with E-state index in [2.05, 4.69) is 10.6 Å². The van der Waals surface area contributed by atoms with Crippen LogP contribution in [0.4, 0.5) is 4.79 Å². The lowest BCUT2D eigenvalue weighted by atomic mass is 9.99. The summed E-state index contributed by atoms with van der Waals surface area (Å²) in [6, 6.07) is 3.80. The first-order valence-corrected chi connectivity index (χ1v) is 12.4. The molecule has 0 aliphatic rings. The van der Waals surface area contributed by atoms with Crippen LogP contribution in [0.1, 0.15) is 77.5 Å². The van der Waals surface area contributed by atoms with E-state index in [9.17, 15) is 24.3 Å². The van der Waals surface area contributed by atoms with Crippen LogP contribution in [0, 0.1) is 6.92 Å². The Labute approximate surface area is 213 Å². The summed E-state index contributed by atoms with van der Waals surface area (Å²) in [5, 5.41) is 15.9. The van der Waals surface area contributed by atoms with Gasteiger partial charge in [0.2, 0.25) is 11.8 Å². The molecule has 0 aliphatic heterocycles. The summed E-state index contributed by atoms with van der Waals surface area (Å²) in [5.74, 6) is -1.62. The summed E-state index contributed by atoms with van der Waals surface area (Å²) >= 11 is 0. The molecule has 10 heteroatoms. The average molecular weight is 508 g/mol. The zero-order valence-electron chi connectivity index (χ0n) is 22.3. The van der Waals surface area contributed by atoms with Crippen molar-refractivity contribution in [3.8, 4) is 5.75 Å². The minimum Gasteiger partial charge on any atom is -0.507 e. The maximum atomic E-state index is 13.4. The number of unbranched alkanes of at least 4 members (excludes halogenated alkanes) is 2. The molecule has 3 amide bonds. The standard InChI is InChI=1S/C26H41N3O7/c1-7-9-10-16-29(20(30)17-28-25(34)36-26(4,5)6)22(19-13-11-12-18(3)23(19)32)24(33)27-15-14-21(31)35-8-2/h11-13,22,32H,7-10,14-17H2,1-6H3,(H,27,33)(H,28,34).